The predicted octanol–water partition coefficient (Wildman–Crippen LogP) is 3.66. The van der Waals surface area contributed by atoms with Gasteiger partial charge in [0.2, 0.25) is 0 Å². The molecule has 0 fully saturated rings. The van der Waals surface area contributed by atoms with Crippen LogP contribution in [0.4, 0.5) is 0 Å². The maximum atomic E-state index is 11.8. The van der Waals surface area contributed by atoms with Gasteiger partial charge >= 0.3 is 5.97 Å². The maximum Gasteiger partial charge on any atom is 0.338 e. The second kappa shape index (κ2) is 6.60. The number of hydrogen-bond donors (Lipinski definition) is 0. The monoisotopic (exact) mass is 264 g/mol. The fraction of sp³-hybridized carbons (Fsp3) is 0.400. The summed E-state index contributed by atoms with van der Waals surface area (Å²) in [5.41, 5.74) is 0.603. The molecule has 0 aliphatic heterocycles. The second-order valence-electron chi connectivity index (χ2n) is 4.58. The van der Waals surface area contributed by atoms with Crippen LogP contribution in [0.25, 0.3) is 0 Å². The molecule has 18 heavy (non-hydrogen) atoms. The zero-order chi connectivity index (χ0) is 12.8. The SMILES string of the molecule is O=C(OC[C@H]1CC=CC[C@H]1CCl)c1ccccc1. The highest BCUT2D eigenvalue weighted by molar-refractivity contribution is 6.18. The molecule has 3 heteroatoms. The minimum atomic E-state index is -0.251. The Labute approximate surface area is 113 Å². The molecule has 2 nitrogen and oxygen atoms in total. The molecular weight excluding hydrogens is 248 g/mol. The van der Waals surface area contributed by atoms with Crippen molar-refractivity contribution in [1.82, 2.24) is 0 Å². The molecule has 1 aromatic carbocycles. The van der Waals surface area contributed by atoms with Gasteiger partial charge in [-0.15, -0.1) is 11.6 Å². The van der Waals surface area contributed by atoms with Crippen LogP contribution in [0.5, 0.6) is 0 Å². The Morgan fingerprint density at radius 1 is 1.17 bits per heavy atom. The van der Waals surface area contributed by atoms with Gasteiger partial charge in [-0.05, 0) is 30.9 Å². The molecule has 0 amide bonds. The zero-order valence-electron chi connectivity index (χ0n) is 10.2. The Morgan fingerprint density at radius 2 is 1.83 bits per heavy atom. The molecule has 1 aliphatic rings. The minimum absolute atomic E-state index is 0.251. The third-order valence-corrected chi connectivity index (χ3v) is 3.74. The Bertz CT molecular complexity index is 414. The van der Waals surface area contributed by atoms with Gasteiger partial charge in [-0.25, -0.2) is 4.79 Å². The van der Waals surface area contributed by atoms with Gasteiger partial charge in [-0.3, -0.25) is 0 Å². The average molecular weight is 265 g/mol. The zero-order valence-corrected chi connectivity index (χ0v) is 11.0. The summed E-state index contributed by atoms with van der Waals surface area (Å²) in [5, 5.41) is 0. The van der Waals surface area contributed by atoms with Crippen LogP contribution in [-0.4, -0.2) is 18.5 Å². The van der Waals surface area contributed by atoms with Crippen molar-refractivity contribution in [2.24, 2.45) is 11.8 Å². The number of hydrogen-bond acceptors (Lipinski definition) is 2. The van der Waals surface area contributed by atoms with Gasteiger partial charge in [-0.1, -0.05) is 30.4 Å². The summed E-state index contributed by atoms with van der Waals surface area (Å²) in [6.45, 7) is 0.454. The first-order chi connectivity index (χ1) is 8.81. The highest BCUT2D eigenvalue weighted by Gasteiger charge is 2.23. The molecule has 0 saturated heterocycles. The highest BCUT2D eigenvalue weighted by Crippen LogP contribution is 2.27. The van der Waals surface area contributed by atoms with E-state index in [-0.39, 0.29) is 5.97 Å². The van der Waals surface area contributed by atoms with Crippen molar-refractivity contribution in [3.05, 3.63) is 48.0 Å². The molecule has 0 bridgehead atoms. The number of allylic oxidation sites excluding steroid dienone is 2. The van der Waals surface area contributed by atoms with Gasteiger partial charge in [0.1, 0.15) is 0 Å². The number of esters is 1. The number of carbonyl (C=O) groups excluding carboxylic acids is 1. The molecule has 0 unspecified atom stereocenters. The van der Waals surface area contributed by atoms with Crippen molar-refractivity contribution in [2.45, 2.75) is 12.8 Å². The number of ether oxygens (including phenoxy) is 1. The van der Waals surface area contributed by atoms with Crippen LogP contribution in [-0.2, 0) is 4.74 Å². The van der Waals surface area contributed by atoms with Gasteiger partial charge in [-0.2, -0.15) is 0 Å². The van der Waals surface area contributed by atoms with Gasteiger partial charge in [0, 0.05) is 11.8 Å². The maximum absolute atomic E-state index is 11.8. The number of halogens is 1. The van der Waals surface area contributed by atoms with E-state index in [0.29, 0.717) is 29.9 Å². The lowest BCUT2D eigenvalue weighted by molar-refractivity contribution is 0.0396. The van der Waals surface area contributed by atoms with Crippen molar-refractivity contribution in [3.63, 3.8) is 0 Å². The van der Waals surface area contributed by atoms with Crippen LogP contribution in [0.2, 0.25) is 0 Å². The smallest absolute Gasteiger partial charge is 0.338 e. The molecule has 96 valence electrons. The van der Waals surface area contributed by atoms with Crippen LogP contribution < -0.4 is 0 Å². The largest absolute Gasteiger partial charge is 0.462 e. The van der Waals surface area contributed by atoms with E-state index in [2.05, 4.69) is 12.2 Å². The Kier molecular flexibility index (Phi) is 4.82. The lowest BCUT2D eigenvalue weighted by atomic mass is 9.85. The summed E-state index contributed by atoms with van der Waals surface area (Å²) in [6, 6.07) is 9.08. The van der Waals surface area contributed by atoms with Gasteiger partial charge < -0.3 is 4.74 Å². The summed E-state index contributed by atoms with van der Waals surface area (Å²) in [6.07, 6.45) is 6.23. The Hall–Kier alpha value is -1.28. The minimum Gasteiger partial charge on any atom is -0.462 e. The molecule has 2 atom stereocenters. The fourth-order valence-corrected chi connectivity index (χ4v) is 2.54. The van der Waals surface area contributed by atoms with E-state index in [9.17, 15) is 4.79 Å². The molecule has 0 heterocycles. The van der Waals surface area contributed by atoms with Crippen molar-refractivity contribution in [2.75, 3.05) is 12.5 Å². The third-order valence-electron chi connectivity index (χ3n) is 3.35. The van der Waals surface area contributed by atoms with E-state index in [1.807, 2.05) is 18.2 Å². The normalized spacial score (nSPS) is 22.7. The van der Waals surface area contributed by atoms with Crippen molar-refractivity contribution < 1.29 is 9.53 Å². The standard InChI is InChI=1S/C15H17ClO2/c16-10-13-8-4-5-9-14(13)11-18-15(17)12-6-2-1-3-7-12/h1-7,13-14H,8-11H2/t13-,14+/m0/s1. The fourth-order valence-electron chi connectivity index (χ4n) is 2.16. The van der Waals surface area contributed by atoms with Crippen molar-refractivity contribution in [3.8, 4) is 0 Å². The molecule has 2 rings (SSSR count). The van der Waals surface area contributed by atoms with Crippen LogP contribution >= 0.6 is 11.6 Å². The van der Waals surface area contributed by atoms with Crippen LogP contribution in [0.15, 0.2) is 42.5 Å². The molecule has 0 aromatic heterocycles. The van der Waals surface area contributed by atoms with Gasteiger partial charge in [0.25, 0.3) is 0 Å². The first kappa shape index (κ1) is 13.2. The number of benzene rings is 1. The lowest BCUT2D eigenvalue weighted by Gasteiger charge is -2.26. The molecule has 1 aliphatic carbocycles. The third kappa shape index (κ3) is 3.36. The van der Waals surface area contributed by atoms with E-state index < -0.39 is 0 Å². The van der Waals surface area contributed by atoms with Crippen LogP contribution in [0, 0.1) is 11.8 Å². The second-order valence-corrected chi connectivity index (χ2v) is 4.89. The first-order valence-corrected chi connectivity index (χ1v) is 6.78. The van der Waals surface area contributed by atoms with E-state index in [4.69, 9.17) is 16.3 Å². The van der Waals surface area contributed by atoms with E-state index >= 15 is 0 Å². The summed E-state index contributed by atoms with van der Waals surface area (Å²) >= 11 is 5.93. The summed E-state index contributed by atoms with van der Waals surface area (Å²) in [4.78, 5) is 11.8. The van der Waals surface area contributed by atoms with Crippen molar-refractivity contribution >= 4 is 17.6 Å². The summed E-state index contributed by atoms with van der Waals surface area (Å²) in [7, 11) is 0. The molecule has 0 spiro atoms. The van der Waals surface area contributed by atoms with E-state index in [1.54, 1.807) is 12.1 Å². The molecule has 0 saturated carbocycles. The number of rotatable bonds is 4. The summed E-state index contributed by atoms with van der Waals surface area (Å²) < 4.78 is 5.37. The van der Waals surface area contributed by atoms with Gasteiger partial charge in [0.15, 0.2) is 0 Å². The molecular formula is C15H17ClO2. The van der Waals surface area contributed by atoms with E-state index in [0.717, 1.165) is 12.8 Å². The first-order valence-electron chi connectivity index (χ1n) is 6.24. The number of alkyl halides is 1. The predicted molar refractivity (Wildman–Crippen MR) is 72.8 cm³/mol. The highest BCUT2D eigenvalue weighted by atomic mass is 35.5. The van der Waals surface area contributed by atoms with Gasteiger partial charge in [0.05, 0.1) is 12.2 Å². The van der Waals surface area contributed by atoms with Crippen molar-refractivity contribution in [1.29, 1.82) is 0 Å². The average Bonchev–Trinajstić information content (AvgIpc) is 2.46. The molecule has 1 aromatic rings. The Morgan fingerprint density at radius 3 is 2.50 bits per heavy atom. The molecule has 0 radical (unpaired) electrons. The van der Waals surface area contributed by atoms with Crippen LogP contribution in [0.3, 0.4) is 0 Å². The van der Waals surface area contributed by atoms with Crippen LogP contribution in [0.1, 0.15) is 23.2 Å². The quantitative estimate of drug-likeness (QED) is 0.471. The lowest BCUT2D eigenvalue weighted by Crippen LogP contribution is -2.24. The molecule has 0 N–H and O–H groups in total. The number of carbonyl (C=O) groups is 1. The Balaban J connectivity index is 1.88. The van der Waals surface area contributed by atoms with E-state index in [1.165, 1.54) is 0 Å². The topological polar surface area (TPSA) is 26.3 Å². The summed E-state index contributed by atoms with van der Waals surface area (Å²) in [5.74, 6) is 1.14.